The van der Waals surface area contributed by atoms with Gasteiger partial charge in [-0.15, -0.1) is 6.58 Å². The molecule has 0 atom stereocenters. The van der Waals surface area contributed by atoms with Gasteiger partial charge in [-0.1, -0.05) is 39.8 Å². The van der Waals surface area contributed by atoms with Gasteiger partial charge >= 0.3 is 5.97 Å². The van der Waals surface area contributed by atoms with E-state index in [9.17, 15) is 19.5 Å². The summed E-state index contributed by atoms with van der Waals surface area (Å²) in [7, 11) is 0. The number of nitrogens with zero attached hydrogens (tertiary/aromatic N) is 1. The summed E-state index contributed by atoms with van der Waals surface area (Å²) in [5.74, 6) is -0.701. The molecule has 1 aliphatic heterocycles. The van der Waals surface area contributed by atoms with Crippen LogP contribution in [-0.4, -0.2) is 47.3 Å². The molecule has 1 N–H and O–H groups in total. The Bertz CT molecular complexity index is 1230. The van der Waals surface area contributed by atoms with E-state index in [-0.39, 0.29) is 22.4 Å². The van der Waals surface area contributed by atoms with Crippen molar-refractivity contribution >= 4 is 17.5 Å². The van der Waals surface area contributed by atoms with Crippen molar-refractivity contribution in [3.63, 3.8) is 0 Å². The van der Waals surface area contributed by atoms with E-state index in [2.05, 4.69) is 46.1 Å². The molecule has 0 bridgehead atoms. The van der Waals surface area contributed by atoms with Crippen LogP contribution in [0.3, 0.4) is 0 Å². The van der Waals surface area contributed by atoms with Crippen molar-refractivity contribution in [2.24, 2.45) is 10.8 Å². The first-order valence-electron chi connectivity index (χ1n) is 13.9. The Hall–Kier alpha value is -3.35. The molecule has 0 spiro atoms. The third-order valence-electron chi connectivity index (χ3n) is 7.83. The summed E-state index contributed by atoms with van der Waals surface area (Å²) in [6.45, 7) is 16.8. The first kappa shape index (κ1) is 28.7. The van der Waals surface area contributed by atoms with Gasteiger partial charge in [0.15, 0.2) is 29.7 Å². The number of benzene rings is 1. The van der Waals surface area contributed by atoms with Crippen LogP contribution >= 0.6 is 0 Å². The molecular weight excluding hydrogens is 494 g/mol. The van der Waals surface area contributed by atoms with E-state index in [1.807, 2.05) is 19.1 Å². The molecule has 210 valence electrons. The summed E-state index contributed by atoms with van der Waals surface area (Å²) in [5, 5.41) is 9.25. The minimum atomic E-state index is -1.09. The molecule has 7 nitrogen and oxygen atoms in total. The van der Waals surface area contributed by atoms with Gasteiger partial charge in [0, 0.05) is 53.4 Å². The van der Waals surface area contributed by atoms with E-state index < -0.39 is 18.5 Å². The number of ketones is 2. The van der Waals surface area contributed by atoms with Crippen molar-refractivity contribution in [3.8, 4) is 11.5 Å². The number of rotatable bonds is 9. The number of carbonyl (C=O) groups excluding carboxylic acids is 2. The maximum absolute atomic E-state index is 13.9. The second kappa shape index (κ2) is 10.7. The van der Waals surface area contributed by atoms with Gasteiger partial charge in [-0.05, 0) is 55.6 Å². The van der Waals surface area contributed by atoms with E-state index in [1.54, 1.807) is 6.08 Å². The molecule has 0 saturated heterocycles. The van der Waals surface area contributed by atoms with Crippen LogP contribution in [-0.2, 0) is 20.8 Å². The van der Waals surface area contributed by atoms with E-state index in [0.717, 1.165) is 29.8 Å². The van der Waals surface area contributed by atoms with Gasteiger partial charge in [-0.2, -0.15) is 0 Å². The van der Waals surface area contributed by atoms with Gasteiger partial charge in [0.2, 0.25) is 0 Å². The quantitative estimate of drug-likeness (QED) is 0.389. The largest absolute Gasteiger partial charge is 0.490 e. The normalized spacial score (nSPS) is 20.5. The van der Waals surface area contributed by atoms with Gasteiger partial charge in [0.1, 0.15) is 0 Å². The number of allylic oxidation sites excluding steroid dienone is 5. The zero-order chi connectivity index (χ0) is 28.7. The zero-order valence-corrected chi connectivity index (χ0v) is 24.1. The molecular formula is C32H41NO6. The van der Waals surface area contributed by atoms with Crippen LogP contribution in [0, 0.1) is 10.8 Å². The van der Waals surface area contributed by atoms with Gasteiger partial charge in [0.25, 0.3) is 0 Å². The summed E-state index contributed by atoms with van der Waals surface area (Å²) in [5.41, 5.74) is 4.57. The van der Waals surface area contributed by atoms with Crippen molar-refractivity contribution in [2.45, 2.75) is 79.6 Å². The Kier molecular flexibility index (Phi) is 7.84. The summed E-state index contributed by atoms with van der Waals surface area (Å²) < 4.78 is 11.6. The third-order valence-corrected chi connectivity index (χ3v) is 7.83. The molecule has 1 heterocycles. The maximum atomic E-state index is 13.9. The minimum absolute atomic E-state index is 0.0725. The number of hydrogen-bond acceptors (Lipinski definition) is 6. The van der Waals surface area contributed by atoms with E-state index >= 15 is 0 Å². The van der Waals surface area contributed by atoms with Crippen LogP contribution in [0.1, 0.15) is 84.3 Å². The number of carboxylic acid groups (broad SMARTS) is 1. The van der Waals surface area contributed by atoms with Crippen LogP contribution in [0.5, 0.6) is 11.5 Å². The monoisotopic (exact) mass is 535 g/mol. The molecule has 4 rings (SSSR count). The summed E-state index contributed by atoms with van der Waals surface area (Å²) >= 11 is 0. The van der Waals surface area contributed by atoms with Crippen LogP contribution in [0.15, 0.2) is 47.3 Å². The van der Waals surface area contributed by atoms with Gasteiger partial charge in [-0.25, -0.2) is 4.79 Å². The number of carboxylic acids is 1. The van der Waals surface area contributed by atoms with E-state index in [0.29, 0.717) is 60.6 Å². The fraction of sp³-hybridized carbons (Fsp3) is 0.531. The number of aliphatic carboxylic acids is 1. The lowest BCUT2D eigenvalue weighted by Gasteiger charge is -2.49. The highest BCUT2D eigenvalue weighted by Gasteiger charge is 2.48. The second-order valence-corrected chi connectivity index (χ2v) is 12.4. The Morgan fingerprint density at radius 3 is 2.03 bits per heavy atom. The fourth-order valence-electron chi connectivity index (χ4n) is 6.48. The predicted molar refractivity (Wildman–Crippen MR) is 150 cm³/mol. The molecule has 3 aliphatic rings. The molecule has 0 radical (unpaired) electrons. The standard InChI is InChI=1S/C32H41NO6/c1-8-11-19-12-20(13-25(38-10-3)30(19)39-18-26(36)37)27-28-21(14-31(4,5)16-23(28)34)33(9-2)22-15-32(6,7)17-24(35)29(22)27/h8,12-13,27H,1,9-11,14-18H2,2-7H3,(H,36,37). The molecule has 0 aromatic heterocycles. The zero-order valence-electron chi connectivity index (χ0n) is 24.1. The lowest BCUT2D eigenvalue weighted by Crippen LogP contribution is -2.44. The molecule has 0 fully saturated rings. The molecule has 1 aromatic carbocycles. The van der Waals surface area contributed by atoms with Crippen LogP contribution in [0.4, 0.5) is 0 Å². The minimum Gasteiger partial charge on any atom is -0.490 e. The summed E-state index contributed by atoms with van der Waals surface area (Å²) in [6, 6.07) is 3.76. The van der Waals surface area contributed by atoms with E-state index in [4.69, 9.17) is 9.47 Å². The molecule has 0 amide bonds. The SMILES string of the molecule is C=CCc1cc(C2C3=C(CC(C)(C)CC3=O)N(CC)C3=C2C(=O)CC(C)(C)C3)cc(OCC)c1OCC(=O)O. The average Bonchev–Trinajstić information content (AvgIpc) is 2.81. The predicted octanol–water partition coefficient (Wildman–Crippen LogP) is 5.98. The molecule has 1 aromatic rings. The maximum Gasteiger partial charge on any atom is 0.341 e. The highest BCUT2D eigenvalue weighted by atomic mass is 16.5. The molecule has 7 heteroatoms. The van der Waals surface area contributed by atoms with Crippen molar-refractivity contribution in [2.75, 3.05) is 19.8 Å². The van der Waals surface area contributed by atoms with Crippen molar-refractivity contribution in [1.82, 2.24) is 4.90 Å². The van der Waals surface area contributed by atoms with Crippen molar-refractivity contribution in [1.29, 1.82) is 0 Å². The number of hydrogen-bond donors (Lipinski definition) is 1. The third kappa shape index (κ3) is 5.54. The first-order valence-corrected chi connectivity index (χ1v) is 13.9. The Labute approximate surface area is 231 Å². The van der Waals surface area contributed by atoms with Gasteiger partial charge in [0.05, 0.1) is 6.61 Å². The van der Waals surface area contributed by atoms with Crippen LogP contribution in [0.2, 0.25) is 0 Å². The number of ether oxygens (including phenoxy) is 2. The smallest absolute Gasteiger partial charge is 0.341 e. The highest BCUT2D eigenvalue weighted by molar-refractivity contribution is 6.06. The summed E-state index contributed by atoms with van der Waals surface area (Å²) in [6.07, 6.45) is 4.47. The fourth-order valence-corrected chi connectivity index (χ4v) is 6.48. The molecule has 0 saturated carbocycles. The topological polar surface area (TPSA) is 93.1 Å². The Morgan fingerprint density at radius 1 is 1.00 bits per heavy atom. The van der Waals surface area contributed by atoms with Crippen LogP contribution in [0.25, 0.3) is 0 Å². The number of carbonyl (C=O) groups is 3. The molecule has 2 aliphatic carbocycles. The Morgan fingerprint density at radius 2 is 1.56 bits per heavy atom. The van der Waals surface area contributed by atoms with Crippen molar-refractivity contribution in [3.05, 3.63) is 58.5 Å². The highest BCUT2D eigenvalue weighted by Crippen LogP contribution is 2.55. The summed E-state index contributed by atoms with van der Waals surface area (Å²) in [4.78, 5) is 41.3. The van der Waals surface area contributed by atoms with Gasteiger partial charge < -0.3 is 19.5 Å². The molecule has 39 heavy (non-hydrogen) atoms. The Balaban J connectivity index is 2.01. The van der Waals surface area contributed by atoms with Gasteiger partial charge in [-0.3, -0.25) is 9.59 Å². The van der Waals surface area contributed by atoms with Crippen LogP contribution < -0.4 is 9.47 Å². The first-order chi connectivity index (χ1) is 18.3. The molecule has 0 unspecified atom stereocenters. The van der Waals surface area contributed by atoms with E-state index in [1.165, 1.54) is 0 Å². The lowest BCUT2D eigenvalue weighted by atomic mass is 9.63. The average molecular weight is 536 g/mol. The lowest BCUT2D eigenvalue weighted by molar-refractivity contribution is -0.139. The second-order valence-electron chi connectivity index (χ2n) is 12.4. The van der Waals surface area contributed by atoms with Crippen molar-refractivity contribution < 1.29 is 29.0 Å². The number of Topliss-reactive ketones (excluding diaryl/α,β-unsaturated/α-hetero) is 2.